The molecule has 11 heteroatoms. The van der Waals surface area contributed by atoms with E-state index in [0.29, 0.717) is 0 Å². The Bertz CT molecular complexity index is 665. The van der Waals surface area contributed by atoms with Crippen molar-refractivity contribution >= 4 is 19.9 Å². The first-order valence-electron chi connectivity index (χ1n) is 4.92. The molecule has 0 bridgehead atoms. The van der Waals surface area contributed by atoms with Gasteiger partial charge in [0, 0.05) is 6.26 Å². The van der Waals surface area contributed by atoms with Crippen LogP contribution in [0.15, 0.2) is 34.1 Å². The molecule has 0 saturated carbocycles. The number of rotatable bonds is 5. The molecule has 0 atom stereocenters. The van der Waals surface area contributed by atoms with E-state index >= 15 is 0 Å². The van der Waals surface area contributed by atoms with Crippen LogP contribution in [-0.2, 0) is 24.7 Å². The number of sulfone groups is 1. The Hall–Kier alpha value is -1.17. The van der Waals surface area contributed by atoms with E-state index in [1.807, 2.05) is 0 Å². The molecule has 0 spiro atoms. The molecule has 1 N–H and O–H groups in total. The standard InChI is InChI=1S/C9H10F3NO5S2/c1-19(14,15)7-2-4-8(5-3-7)20(16,17)13-18-6-9(10,11)12/h2-5,13H,6H2,1H3. The summed E-state index contributed by atoms with van der Waals surface area (Å²) < 4.78 is 80.7. The van der Waals surface area contributed by atoms with Crippen molar-refractivity contribution in [1.82, 2.24) is 4.89 Å². The van der Waals surface area contributed by atoms with Crippen LogP contribution < -0.4 is 4.89 Å². The predicted molar refractivity (Wildman–Crippen MR) is 61.9 cm³/mol. The van der Waals surface area contributed by atoms with Gasteiger partial charge in [0.25, 0.3) is 10.0 Å². The highest BCUT2D eigenvalue weighted by molar-refractivity contribution is 7.90. The summed E-state index contributed by atoms with van der Waals surface area (Å²) >= 11 is 0. The number of hydrogen-bond acceptors (Lipinski definition) is 5. The zero-order valence-electron chi connectivity index (χ0n) is 10.0. The van der Waals surface area contributed by atoms with Crippen molar-refractivity contribution in [3.8, 4) is 0 Å². The van der Waals surface area contributed by atoms with E-state index in [2.05, 4.69) is 4.84 Å². The van der Waals surface area contributed by atoms with Gasteiger partial charge in [-0.15, -0.1) is 0 Å². The number of hydrogen-bond donors (Lipinski definition) is 1. The minimum atomic E-state index is -4.68. The average molecular weight is 333 g/mol. The molecule has 0 fully saturated rings. The van der Waals surface area contributed by atoms with Crippen LogP contribution in [0.25, 0.3) is 0 Å². The molecule has 0 aliphatic heterocycles. The van der Waals surface area contributed by atoms with Gasteiger partial charge >= 0.3 is 6.18 Å². The van der Waals surface area contributed by atoms with E-state index in [-0.39, 0.29) is 4.90 Å². The number of halogens is 3. The van der Waals surface area contributed by atoms with Crippen molar-refractivity contribution < 1.29 is 34.8 Å². The van der Waals surface area contributed by atoms with Crippen LogP contribution in [0.2, 0.25) is 0 Å². The lowest BCUT2D eigenvalue weighted by atomic mass is 10.4. The molecule has 0 aliphatic carbocycles. The maximum Gasteiger partial charge on any atom is 0.413 e. The molecule has 20 heavy (non-hydrogen) atoms. The number of benzene rings is 1. The van der Waals surface area contributed by atoms with Gasteiger partial charge in [-0.05, 0) is 24.3 Å². The summed E-state index contributed by atoms with van der Waals surface area (Å²) in [5.41, 5.74) is 0. The highest BCUT2D eigenvalue weighted by atomic mass is 32.2. The molecular weight excluding hydrogens is 323 g/mol. The third-order valence-electron chi connectivity index (χ3n) is 1.97. The van der Waals surface area contributed by atoms with Gasteiger partial charge in [-0.25, -0.2) is 16.8 Å². The molecular formula is C9H10F3NO5S2. The van der Waals surface area contributed by atoms with Gasteiger partial charge in [-0.2, -0.15) is 13.2 Å². The van der Waals surface area contributed by atoms with Crippen LogP contribution in [0, 0.1) is 0 Å². The molecule has 0 amide bonds. The number of sulfonamides is 1. The molecule has 114 valence electrons. The topological polar surface area (TPSA) is 89.5 Å². The third kappa shape index (κ3) is 5.07. The van der Waals surface area contributed by atoms with Gasteiger partial charge in [0.1, 0.15) is 0 Å². The predicted octanol–water partition coefficient (Wildman–Crippen LogP) is 0.862. The molecule has 6 nitrogen and oxygen atoms in total. The summed E-state index contributed by atoms with van der Waals surface area (Å²) in [6.07, 6.45) is -3.75. The van der Waals surface area contributed by atoms with Crippen molar-refractivity contribution in [1.29, 1.82) is 0 Å². The van der Waals surface area contributed by atoms with Crippen molar-refractivity contribution in [3.05, 3.63) is 24.3 Å². The summed E-state index contributed by atoms with van der Waals surface area (Å²) in [4.78, 5) is 4.58. The van der Waals surface area contributed by atoms with Crippen molar-refractivity contribution in [2.24, 2.45) is 0 Å². The fourth-order valence-electron chi connectivity index (χ4n) is 1.10. The first-order chi connectivity index (χ1) is 8.92. The fourth-order valence-corrected chi connectivity index (χ4v) is 2.54. The highest BCUT2D eigenvalue weighted by Crippen LogP contribution is 2.16. The maximum atomic E-state index is 11.8. The SMILES string of the molecule is CS(=O)(=O)c1ccc(S(=O)(=O)NOCC(F)(F)F)cc1. The van der Waals surface area contributed by atoms with Crippen LogP contribution in [0.3, 0.4) is 0 Å². The lowest BCUT2D eigenvalue weighted by Crippen LogP contribution is -2.29. The minimum absolute atomic E-state index is 0.118. The van der Waals surface area contributed by atoms with Crippen LogP contribution in [0.1, 0.15) is 0 Å². The van der Waals surface area contributed by atoms with E-state index in [1.54, 1.807) is 0 Å². The maximum absolute atomic E-state index is 11.8. The van der Waals surface area contributed by atoms with E-state index < -0.39 is 37.5 Å². The highest BCUT2D eigenvalue weighted by Gasteiger charge is 2.29. The summed E-state index contributed by atoms with van der Waals surface area (Å²) in [5, 5.41) is 0. The van der Waals surface area contributed by atoms with Crippen molar-refractivity contribution in [2.75, 3.05) is 12.9 Å². The van der Waals surface area contributed by atoms with Crippen LogP contribution >= 0.6 is 0 Å². The van der Waals surface area contributed by atoms with Crippen LogP contribution in [-0.4, -0.2) is 35.9 Å². The third-order valence-corrected chi connectivity index (χ3v) is 4.33. The van der Waals surface area contributed by atoms with E-state index in [1.165, 1.54) is 4.89 Å². The molecule has 0 aliphatic rings. The number of nitrogens with one attached hydrogen (secondary N) is 1. The van der Waals surface area contributed by atoms with Crippen molar-refractivity contribution in [3.63, 3.8) is 0 Å². The Morgan fingerprint density at radius 3 is 1.90 bits per heavy atom. The van der Waals surface area contributed by atoms with Crippen LogP contribution in [0.4, 0.5) is 13.2 Å². The van der Waals surface area contributed by atoms with Gasteiger partial charge < -0.3 is 0 Å². The molecule has 0 saturated heterocycles. The molecule has 0 unspecified atom stereocenters. The van der Waals surface area contributed by atoms with Gasteiger partial charge in [-0.3, -0.25) is 4.84 Å². The zero-order chi connectivity index (χ0) is 15.6. The molecule has 0 heterocycles. The zero-order valence-corrected chi connectivity index (χ0v) is 11.6. The summed E-state index contributed by atoms with van der Waals surface area (Å²) in [6.45, 7) is -1.78. The van der Waals surface area contributed by atoms with Crippen molar-refractivity contribution in [2.45, 2.75) is 16.0 Å². The number of alkyl halides is 3. The quantitative estimate of drug-likeness (QED) is 0.808. The molecule has 1 rings (SSSR count). The lowest BCUT2D eigenvalue weighted by Gasteiger charge is -2.09. The molecule has 1 aromatic carbocycles. The van der Waals surface area contributed by atoms with E-state index in [9.17, 15) is 30.0 Å². The Morgan fingerprint density at radius 1 is 1.05 bits per heavy atom. The molecule has 1 aromatic rings. The van der Waals surface area contributed by atoms with Gasteiger partial charge in [0.2, 0.25) is 0 Å². The summed E-state index contributed by atoms with van der Waals surface area (Å²) in [7, 11) is -7.81. The Morgan fingerprint density at radius 2 is 1.50 bits per heavy atom. The summed E-state index contributed by atoms with van der Waals surface area (Å²) in [6, 6.07) is 3.92. The fraction of sp³-hybridized carbons (Fsp3) is 0.333. The molecule has 0 radical (unpaired) electrons. The first-order valence-corrected chi connectivity index (χ1v) is 8.30. The Labute approximate surface area is 113 Å². The normalized spacial score (nSPS) is 13.4. The van der Waals surface area contributed by atoms with E-state index in [0.717, 1.165) is 30.5 Å². The smallest absolute Gasteiger partial charge is 0.277 e. The second-order valence-electron chi connectivity index (χ2n) is 3.73. The van der Waals surface area contributed by atoms with Gasteiger partial charge in [-0.1, -0.05) is 4.89 Å². The first kappa shape index (κ1) is 16.9. The van der Waals surface area contributed by atoms with E-state index in [4.69, 9.17) is 0 Å². The Kier molecular flexibility index (Phi) is 4.79. The Balaban J connectivity index is 2.84. The van der Waals surface area contributed by atoms with Gasteiger partial charge in [0.05, 0.1) is 9.79 Å². The second kappa shape index (κ2) is 5.68. The summed E-state index contributed by atoms with van der Waals surface area (Å²) in [5.74, 6) is 0. The van der Waals surface area contributed by atoms with Crippen LogP contribution in [0.5, 0.6) is 0 Å². The second-order valence-corrected chi connectivity index (χ2v) is 7.39. The minimum Gasteiger partial charge on any atom is -0.277 e. The lowest BCUT2D eigenvalue weighted by molar-refractivity contribution is -0.181. The molecule has 0 aromatic heterocycles. The largest absolute Gasteiger partial charge is 0.413 e. The van der Waals surface area contributed by atoms with Gasteiger partial charge in [0.15, 0.2) is 16.4 Å². The average Bonchev–Trinajstić information content (AvgIpc) is 2.26. The monoisotopic (exact) mass is 333 g/mol.